The first kappa shape index (κ1) is 12.6. The second-order valence-corrected chi connectivity index (χ2v) is 6.11. The summed E-state index contributed by atoms with van der Waals surface area (Å²) in [6.07, 6.45) is 0. The fraction of sp³-hybridized carbons (Fsp3) is 0.500. The molecule has 0 fully saturated rings. The molecule has 17 heavy (non-hydrogen) atoms. The van der Waals surface area contributed by atoms with E-state index in [2.05, 4.69) is 27.8 Å². The Labute approximate surface area is 105 Å². The minimum atomic E-state index is 0.186. The molecule has 0 saturated heterocycles. The molecule has 3 nitrogen and oxygen atoms in total. The zero-order valence-electron chi connectivity index (χ0n) is 10.7. The van der Waals surface area contributed by atoms with Gasteiger partial charge in [-0.15, -0.1) is 8.46 Å². The molecule has 1 unspecified atom stereocenters. The highest BCUT2D eigenvalue weighted by atomic mass is 31.1. The van der Waals surface area contributed by atoms with E-state index in [0.717, 1.165) is 22.6 Å². The molecule has 1 radical (unpaired) electrons. The number of methoxy groups -OCH3 is 1. The van der Waals surface area contributed by atoms with Gasteiger partial charge in [0.15, 0.2) is 18.5 Å². The lowest BCUT2D eigenvalue weighted by atomic mass is 9.73. The minimum absolute atomic E-state index is 0.186. The maximum atomic E-state index is 5.52. The van der Waals surface area contributed by atoms with Crippen molar-refractivity contribution >= 4 is 20.8 Å². The molecule has 1 aromatic rings. The van der Waals surface area contributed by atoms with Crippen LogP contribution < -0.4 is 19.5 Å². The summed E-state index contributed by atoms with van der Waals surface area (Å²) >= 11 is 0. The third kappa shape index (κ3) is 2.87. The normalized spacial score (nSPS) is 14.4. The Morgan fingerprint density at radius 3 is 2.71 bits per heavy atom. The highest BCUT2D eigenvalue weighted by Gasteiger charge is 2.23. The van der Waals surface area contributed by atoms with Crippen LogP contribution in [0.2, 0.25) is 5.31 Å². The van der Waals surface area contributed by atoms with Crippen molar-refractivity contribution in [2.45, 2.75) is 26.1 Å². The van der Waals surface area contributed by atoms with Crippen LogP contribution in [0.1, 0.15) is 20.8 Å². The Hall–Kier alpha value is -0.885. The molecular formula is C12H17BO3P. The molecule has 1 aliphatic heterocycles. The Morgan fingerprint density at radius 1 is 1.29 bits per heavy atom. The Kier molecular flexibility index (Phi) is 3.53. The Balaban J connectivity index is 2.27. The second kappa shape index (κ2) is 4.77. The van der Waals surface area contributed by atoms with E-state index in [-0.39, 0.29) is 5.31 Å². The molecule has 1 aliphatic rings. The summed E-state index contributed by atoms with van der Waals surface area (Å²) in [5.41, 5.74) is 0. The molecule has 0 amide bonds. The summed E-state index contributed by atoms with van der Waals surface area (Å²) in [6, 6.07) is 3.83. The molecule has 5 heteroatoms. The highest BCUT2D eigenvalue weighted by molar-refractivity contribution is 7.77. The molecule has 0 saturated carbocycles. The maximum Gasteiger partial charge on any atom is 0.231 e. The number of hydrogen-bond acceptors (Lipinski definition) is 3. The van der Waals surface area contributed by atoms with Crippen LogP contribution in [0.4, 0.5) is 0 Å². The first-order valence-electron chi connectivity index (χ1n) is 5.59. The van der Waals surface area contributed by atoms with Crippen LogP contribution in [0.15, 0.2) is 12.1 Å². The van der Waals surface area contributed by atoms with E-state index in [0.29, 0.717) is 15.3 Å². The largest absolute Gasteiger partial charge is 0.496 e. The predicted octanol–water partition coefficient (Wildman–Crippen LogP) is 2.57. The van der Waals surface area contributed by atoms with Gasteiger partial charge in [-0.05, 0) is 12.1 Å². The van der Waals surface area contributed by atoms with Gasteiger partial charge in [0, 0.05) is 0 Å². The van der Waals surface area contributed by atoms with Crippen molar-refractivity contribution in [1.29, 1.82) is 0 Å². The van der Waals surface area contributed by atoms with Gasteiger partial charge in [0.1, 0.15) is 5.75 Å². The van der Waals surface area contributed by atoms with Gasteiger partial charge in [-0.1, -0.05) is 26.1 Å². The summed E-state index contributed by atoms with van der Waals surface area (Å²) in [7, 11) is 2.23. The Morgan fingerprint density at radius 2 is 2.06 bits per heavy atom. The average Bonchev–Trinajstić information content (AvgIpc) is 2.72. The first-order chi connectivity index (χ1) is 8.01. The molecule has 91 valence electrons. The van der Waals surface area contributed by atoms with Gasteiger partial charge >= 0.3 is 0 Å². The minimum Gasteiger partial charge on any atom is -0.496 e. The topological polar surface area (TPSA) is 27.7 Å². The van der Waals surface area contributed by atoms with E-state index in [1.54, 1.807) is 7.11 Å². The van der Waals surface area contributed by atoms with Gasteiger partial charge in [-0.3, -0.25) is 0 Å². The van der Waals surface area contributed by atoms with Crippen molar-refractivity contribution < 1.29 is 14.2 Å². The second-order valence-electron chi connectivity index (χ2n) is 5.03. The lowest BCUT2D eigenvalue weighted by Crippen LogP contribution is -2.11. The van der Waals surface area contributed by atoms with E-state index < -0.39 is 0 Å². The van der Waals surface area contributed by atoms with Crippen molar-refractivity contribution in [1.82, 2.24) is 0 Å². The summed E-state index contributed by atoms with van der Waals surface area (Å²) in [5, 5.41) is 1.28. The summed E-state index contributed by atoms with van der Waals surface area (Å²) in [5.74, 6) is 2.52. The van der Waals surface area contributed by atoms with Crippen LogP contribution in [0.3, 0.4) is 0 Å². The van der Waals surface area contributed by atoms with Crippen molar-refractivity contribution in [2.24, 2.45) is 0 Å². The molecular weight excluding hydrogens is 234 g/mol. The zero-order chi connectivity index (χ0) is 12.5. The fourth-order valence-electron chi connectivity index (χ4n) is 1.55. The standard InChI is InChI=1S/C12H17BO3P/c1-12(2,3)13-17-11-9(14-4)6-5-8-10(11)16-7-15-8/h5-6,17H,7H2,1-4H3. The molecule has 0 N–H and O–H groups in total. The first-order valence-corrected chi connectivity index (χ1v) is 6.66. The third-order valence-corrected chi connectivity index (χ3v) is 4.14. The number of rotatable bonds is 3. The van der Waals surface area contributed by atoms with Crippen molar-refractivity contribution in [3.05, 3.63) is 12.1 Å². The van der Waals surface area contributed by atoms with Crippen LogP contribution in [0.25, 0.3) is 0 Å². The number of ether oxygens (including phenoxy) is 3. The number of hydrogen-bond donors (Lipinski definition) is 0. The van der Waals surface area contributed by atoms with Gasteiger partial charge < -0.3 is 14.2 Å². The highest BCUT2D eigenvalue weighted by Crippen LogP contribution is 2.40. The molecule has 1 atom stereocenters. The van der Waals surface area contributed by atoms with Crippen LogP contribution in [-0.4, -0.2) is 20.9 Å². The van der Waals surface area contributed by atoms with Gasteiger partial charge in [-0.2, -0.15) is 0 Å². The van der Waals surface area contributed by atoms with E-state index in [4.69, 9.17) is 14.2 Å². The van der Waals surface area contributed by atoms with Crippen LogP contribution in [-0.2, 0) is 0 Å². The van der Waals surface area contributed by atoms with Crippen molar-refractivity contribution in [3.8, 4) is 17.2 Å². The van der Waals surface area contributed by atoms with Gasteiger partial charge in [0.2, 0.25) is 6.79 Å². The number of fused-ring (bicyclic) bond motifs is 1. The van der Waals surface area contributed by atoms with E-state index in [1.807, 2.05) is 12.1 Å². The molecule has 0 aromatic heterocycles. The average molecular weight is 251 g/mol. The van der Waals surface area contributed by atoms with Crippen molar-refractivity contribution in [3.63, 3.8) is 0 Å². The van der Waals surface area contributed by atoms with E-state index >= 15 is 0 Å². The smallest absolute Gasteiger partial charge is 0.231 e. The van der Waals surface area contributed by atoms with Crippen molar-refractivity contribution in [2.75, 3.05) is 13.9 Å². The lowest BCUT2D eigenvalue weighted by molar-refractivity contribution is 0.174. The van der Waals surface area contributed by atoms with Crippen LogP contribution >= 0.6 is 8.46 Å². The third-order valence-electron chi connectivity index (χ3n) is 2.37. The maximum absolute atomic E-state index is 5.52. The SMILES string of the molecule is COc1ccc2c(c1P[B]C(C)(C)C)OCO2. The summed E-state index contributed by atoms with van der Waals surface area (Å²) in [4.78, 5) is 0. The molecule has 0 bridgehead atoms. The summed E-state index contributed by atoms with van der Waals surface area (Å²) in [6.45, 7) is 9.15. The van der Waals surface area contributed by atoms with Crippen LogP contribution in [0.5, 0.6) is 17.2 Å². The summed E-state index contributed by atoms with van der Waals surface area (Å²) < 4.78 is 16.3. The lowest BCUT2D eigenvalue weighted by Gasteiger charge is -2.18. The molecule has 1 aromatic carbocycles. The van der Waals surface area contributed by atoms with Gasteiger partial charge in [0.05, 0.1) is 12.4 Å². The Bertz CT molecular complexity index is 415. The van der Waals surface area contributed by atoms with Crippen LogP contribution in [0, 0.1) is 0 Å². The fourth-order valence-corrected chi connectivity index (χ4v) is 2.78. The molecule has 0 spiro atoms. The predicted molar refractivity (Wildman–Crippen MR) is 72.5 cm³/mol. The zero-order valence-corrected chi connectivity index (χ0v) is 11.7. The van der Waals surface area contributed by atoms with Gasteiger partial charge in [0.25, 0.3) is 0 Å². The molecule has 2 rings (SSSR count). The molecule has 0 aliphatic carbocycles. The monoisotopic (exact) mass is 251 g/mol. The van der Waals surface area contributed by atoms with E-state index in [9.17, 15) is 0 Å². The quantitative estimate of drug-likeness (QED) is 0.610. The van der Waals surface area contributed by atoms with E-state index in [1.165, 1.54) is 0 Å². The number of benzene rings is 1. The molecule has 1 heterocycles. The van der Waals surface area contributed by atoms with Gasteiger partial charge in [-0.25, -0.2) is 0 Å².